The fourth-order valence-electron chi connectivity index (χ4n) is 2.62. The third-order valence-electron chi connectivity index (χ3n) is 3.71. The Kier molecular flexibility index (Phi) is 3.33. The van der Waals surface area contributed by atoms with Crippen molar-refractivity contribution in [2.75, 3.05) is 0 Å². The lowest BCUT2D eigenvalue weighted by molar-refractivity contribution is -0.135. The van der Waals surface area contributed by atoms with Crippen LogP contribution in [-0.4, -0.2) is 17.3 Å². The second kappa shape index (κ2) is 5.04. The zero-order valence-electron chi connectivity index (χ0n) is 11.0. The molecule has 0 amide bonds. The van der Waals surface area contributed by atoms with Crippen LogP contribution in [0.2, 0.25) is 0 Å². The van der Waals surface area contributed by atoms with Crippen LogP contribution >= 0.6 is 15.9 Å². The molecule has 0 radical (unpaired) electrons. The molecule has 2 aromatic carbocycles. The molecule has 2 atom stereocenters. The Morgan fingerprint density at radius 3 is 1.90 bits per heavy atom. The Hall–Kier alpha value is -2.07. The first-order valence-electron chi connectivity index (χ1n) is 6.49. The first kappa shape index (κ1) is 13.9. The highest BCUT2D eigenvalue weighted by molar-refractivity contribution is 9.10. The lowest BCUT2D eigenvalue weighted by atomic mass is 9.91. The van der Waals surface area contributed by atoms with Gasteiger partial charge in [-0.2, -0.15) is 0 Å². The molecule has 0 unspecified atom stereocenters. The predicted octanol–water partition coefficient (Wildman–Crippen LogP) is 2.78. The molecule has 21 heavy (non-hydrogen) atoms. The summed E-state index contributed by atoms with van der Waals surface area (Å²) < 4.78 is -1.56. The van der Waals surface area contributed by atoms with E-state index in [4.69, 9.17) is 0 Å². The maximum absolute atomic E-state index is 12.8. The van der Waals surface area contributed by atoms with Crippen molar-refractivity contribution in [3.05, 3.63) is 71.8 Å². The van der Waals surface area contributed by atoms with Gasteiger partial charge in [-0.05, 0) is 11.1 Å². The summed E-state index contributed by atoms with van der Waals surface area (Å²) >= 11 is 3.24. The van der Waals surface area contributed by atoms with Crippen LogP contribution in [0.1, 0.15) is 17.0 Å². The Morgan fingerprint density at radius 2 is 1.33 bits per heavy atom. The molecular formula is C17H11BrO3. The summed E-state index contributed by atoms with van der Waals surface area (Å²) in [5.74, 6) is -2.81. The van der Waals surface area contributed by atoms with Crippen molar-refractivity contribution in [3.63, 3.8) is 0 Å². The predicted molar refractivity (Wildman–Crippen MR) is 81.3 cm³/mol. The summed E-state index contributed by atoms with van der Waals surface area (Å²) in [5, 5.41) is 0. The third-order valence-corrected chi connectivity index (χ3v) is 4.91. The van der Waals surface area contributed by atoms with E-state index >= 15 is 0 Å². The van der Waals surface area contributed by atoms with E-state index in [0.29, 0.717) is 11.1 Å². The molecule has 0 aromatic heterocycles. The van der Waals surface area contributed by atoms with Gasteiger partial charge in [0.2, 0.25) is 11.6 Å². The van der Waals surface area contributed by atoms with Gasteiger partial charge in [-0.1, -0.05) is 76.6 Å². The van der Waals surface area contributed by atoms with Crippen LogP contribution in [0.3, 0.4) is 0 Å². The van der Waals surface area contributed by atoms with Crippen molar-refractivity contribution in [1.82, 2.24) is 0 Å². The molecule has 2 aromatic rings. The lowest BCUT2D eigenvalue weighted by Crippen LogP contribution is -2.32. The van der Waals surface area contributed by atoms with E-state index in [2.05, 4.69) is 15.9 Å². The van der Waals surface area contributed by atoms with Crippen molar-refractivity contribution < 1.29 is 14.4 Å². The van der Waals surface area contributed by atoms with Gasteiger partial charge in [-0.15, -0.1) is 0 Å². The summed E-state index contributed by atoms with van der Waals surface area (Å²) in [7, 11) is 0. The zero-order valence-corrected chi connectivity index (χ0v) is 12.5. The number of ketones is 3. The normalized spacial score (nSPS) is 25.4. The molecular weight excluding hydrogens is 332 g/mol. The van der Waals surface area contributed by atoms with Gasteiger partial charge in [0.25, 0.3) is 0 Å². The van der Waals surface area contributed by atoms with E-state index < -0.39 is 27.6 Å². The highest BCUT2D eigenvalue weighted by Gasteiger charge is 2.60. The molecule has 3 nitrogen and oxygen atoms in total. The number of hydrogen-bond acceptors (Lipinski definition) is 3. The minimum atomic E-state index is -1.56. The quantitative estimate of drug-likeness (QED) is 0.479. The molecule has 0 saturated heterocycles. The molecule has 1 fully saturated rings. The first-order chi connectivity index (χ1) is 10.1. The first-order valence-corrected chi connectivity index (χ1v) is 7.28. The highest BCUT2D eigenvalue weighted by atomic mass is 79.9. The van der Waals surface area contributed by atoms with Gasteiger partial charge in [0.1, 0.15) is 5.92 Å². The van der Waals surface area contributed by atoms with Crippen molar-refractivity contribution in [3.8, 4) is 0 Å². The summed E-state index contributed by atoms with van der Waals surface area (Å²) in [6, 6.07) is 17.3. The van der Waals surface area contributed by atoms with Gasteiger partial charge in [-0.25, -0.2) is 0 Å². The Labute approximate surface area is 130 Å². The molecule has 1 aliphatic rings. The standard InChI is InChI=1S/C17H11BrO3/c18-17(12-9-5-2-6-10-12)15(20)13(14(19)16(17)21)11-7-3-1-4-8-11/h1-10,13H/t13-,17-/m0/s1. The minimum Gasteiger partial charge on any atom is -0.296 e. The smallest absolute Gasteiger partial charge is 0.228 e. The maximum Gasteiger partial charge on any atom is 0.228 e. The SMILES string of the molecule is O=C1C(=O)[C@](Br)(c2ccccc2)C(=O)[C@H]1c1ccccc1. The highest BCUT2D eigenvalue weighted by Crippen LogP contribution is 2.45. The van der Waals surface area contributed by atoms with Crippen LogP contribution in [0, 0.1) is 0 Å². The average molecular weight is 343 g/mol. The molecule has 0 bridgehead atoms. The van der Waals surface area contributed by atoms with E-state index in [-0.39, 0.29) is 0 Å². The monoisotopic (exact) mass is 342 g/mol. The number of halogens is 1. The Bertz CT molecular complexity index is 724. The van der Waals surface area contributed by atoms with Crippen molar-refractivity contribution >= 4 is 33.3 Å². The Balaban J connectivity index is 2.12. The van der Waals surface area contributed by atoms with E-state index in [1.165, 1.54) is 0 Å². The summed E-state index contributed by atoms with van der Waals surface area (Å²) in [6.07, 6.45) is 0. The van der Waals surface area contributed by atoms with Crippen LogP contribution in [0.25, 0.3) is 0 Å². The van der Waals surface area contributed by atoms with Gasteiger partial charge in [0.05, 0.1) is 0 Å². The Morgan fingerprint density at radius 1 is 0.810 bits per heavy atom. The molecule has 4 heteroatoms. The van der Waals surface area contributed by atoms with E-state index in [0.717, 1.165) is 0 Å². The van der Waals surface area contributed by atoms with Crippen LogP contribution in [0.15, 0.2) is 60.7 Å². The van der Waals surface area contributed by atoms with Gasteiger partial charge >= 0.3 is 0 Å². The van der Waals surface area contributed by atoms with Crippen molar-refractivity contribution in [2.24, 2.45) is 0 Å². The average Bonchev–Trinajstić information content (AvgIpc) is 2.71. The molecule has 0 spiro atoms. The molecule has 104 valence electrons. The van der Waals surface area contributed by atoms with Gasteiger partial charge in [0, 0.05) is 0 Å². The molecule has 0 heterocycles. The maximum atomic E-state index is 12.8. The second-order valence-electron chi connectivity index (χ2n) is 4.93. The molecule has 1 saturated carbocycles. The number of Topliss-reactive ketones (excluding diaryl/α,β-unsaturated/α-hetero) is 3. The number of benzene rings is 2. The molecule has 0 aliphatic heterocycles. The van der Waals surface area contributed by atoms with Crippen LogP contribution < -0.4 is 0 Å². The van der Waals surface area contributed by atoms with Gasteiger partial charge in [-0.3, -0.25) is 14.4 Å². The molecule has 3 rings (SSSR count). The summed E-state index contributed by atoms with van der Waals surface area (Å²) in [4.78, 5) is 37.5. The zero-order chi connectivity index (χ0) is 15.0. The minimum absolute atomic E-state index is 0.421. The summed E-state index contributed by atoms with van der Waals surface area (Å²) in [6.45, 7) is 0. The fraction of sp³-hybridized carbons (Fsp3) is 0.118. The third kappa shape index (κ3) is 1.98. The van der Waals surface area contributed by atoms with Gasteiger partial charge < -0.3 is 0 Å². The molecule has 1 aliphatic carbocycles. The second-order valence-corrected chi connectivity index (χ2v) is 6.12. The van der Waals surface area contributed by atoms with Crippen LogP contribution in [0.4, 0.5) is 0 Å². The van der Waals surface area contributed by atoms with E-state index in [9.17, 15) is 14.4 Å². The number of carbonyl (C=O) groups excluding carboxylic acids is 3. The largest absolute Gasteiger partial charge is 0.296 e. The summed E-state index contributed by atoms with van der Waals surface area (Å²) in [5.41, 5.74) is 1.05. The van der Waals surface area contributed by atoms with Crippen molar-refractivity contribution in [1.29, 1.82) is 0 Å². The van der Waals surface area contributed by atoms with Crippen LogP contribution in [-0.2, 0) is 18.7 Å². The van der Waals surface area contributed by atoms with E-state index in [1.807, 2.05) is 0 Å². The molecule has 0 N–H and O–H groups in total. The fourth-order valence-corrected chi connectivity index (χ4v) is 3.31. The number of alkyl halides is 1. The van der Waals surface area contributed by atoms with Crippen LogP contribution in [0.5, 0.6) is 0 Å². The van der Waals surface area contributed by atoms with E-state index in [1.54, 1.807) is 60.7 Å². The van der Waals surface area contributed by atoms with Crippen molar-refractivity contribution in [2.45, 2.75) is 10.2 Å². The lowest BCUT2D eigenvalue weighted by Gasteiger charge is -2.18. The number of rotatable bonds is 2. The number of carbonyl (C=O) groups is 3. The number of hydrogen-bond donors (Lipinski definition) is 0. The topological polar surface area (TPSA) is 51.2 Å². The van der Waals surface area contributed by atoms with Gasteiger partial charge in [0.15, 0.2) is 10.1 Å².